The fourth-order valence-corrected chi connectivity index (χ4v) is 2.37. The number of ether oxygens (including phenoxy) is 1. The van der Waals surface area contributed by atoms with Crippen LogP contribution < -0.4 is 5.32 Å². The molecule has 1 heterocycles. The molecule has 1 aliphatic rings. The highest BCUT2D eigenvalue weighted by molar-refractivity contribution is 5.67. The number of hydrogen-bond acceptors (Lipinski definition) is 4. The second kappa shape index (κ2) is 7.68. The number of nitrogens with zero attached hydrogens (tertiary/aromatic N) is 1. The minimum absolute atomic E-state index is 0.0242. The molecule has 0 aromatic heterocycles. The van der Waals surface area contributed by atoms with Gasteiger partial charge in [0.25, 0.3) is 0 Å². The smallest absolute Gasteiger partial charge is 0.409 e. The molecule has 8 heteroatoms. The van der Waals surface area contributed by atoms with Crippen LogP contribution in [-0.2, 0) is 4.74 Å². The van der Waals surface area contributed by atoms with Crippen molar-refractivity contribution >= 4 is 6.09 Å². The Balaban J connectivity index is 2.58. The molecule has 5 nitrogen and oxygen atoms in total. The highest BCUT2D eigenvalue weighted by atomic mass is 19.4. The molecule has 0 aromatic carbocycles. The maximum absolute atomic E-state index is 12.2. The van der Waals surface area contributed by atoms with Crippen LogP contribution in [0.4, 0.5) is 18.0 Å². The second-order valence-corrected chi connectivity index (χ2v) is 4.91. The Kier molecular flexibility index (Phi) is 6.54. The van der Waals surface area contributed by atoms with E-state index in [0.29, 0.717) is 19.4 Å². The van der Waals surface area contributed by atoms with Crippen LogP contribution in [-0.4, -0.2) is 61.2 Å². The van der Waals surface area contributed by atoms with Crippen LogP contribution in [0.1, 0.15) is 19.8 Å². The number of halogens is 3. The van der Waals surface area contributed by atoms with Crippen LogP contribution in [0.2, 0.25) is 0 Å². The Morgan fingerprint density at radius 3 is 2.70 bits per heavy atom. The first-order chi connectivity index (χ1) is 9.35. The Morgan fingerprint density at radius 1 is 1.45 bits per heavy atom. The number of aliphatic hydroxyl groups is 1. The number of carbonyl (C=O) groups excluding carboxylic acids is 1. The SMILES string of the molecule is CCOC(=O)N1CC(CCO)CC(NCC(F)(F)F)C1. The van der Waals surface area contributed by atoms with Gasteiger partial charge in [0, 0.05) is 25.7 Å². The van der Waals surface area contributed by atoms with Crippen LogP contribution >= 0.6 is 0 Å². The zero-order valence-corrected chi connectivity index (χ0v) is 11.4. The number of alkyl halides is 3. The van der Waals surface area contributed by atoms with Crippen molar-refractivity contribution in [2.24, 2.45) is 5.92 Å². The van der Waals surface area contributed by atoms with Gasteiger partial charge >= 0.3 is 12.3 Å². The summed E-state index contributed by atoms with van der Waals surface area (Å²) >= 11 is 0. The van der Waals surface area contributed by atoms with Gasteiger partial charge < -0.3 is 20.1 Å². The molecule has 0 radical (unpaired) electrons. The van der Waals surface area contributed by atoms with Crippen LogP contribution in [0.15, 0.2) is 0 Å². The summed E-state index contributed by atoms with van der Waals surface area (Å²) in [6, 6.07) is -0.439. The highest BCUT2D eigenvalue weighted by Crippen LogP contribution is 2.22. The van der Waals surface area contributed by atoms with Gasteiger partial charge in [0.15, 0.2) is 0 Å². The molecule has 1 saturated heterocycles. The van der Waals surface area contributed by atoms with Gasteiger partial charge in [0.05, 0.1) is 13.2 Å². The lowest BCUT2D eigenvalue weighted by molar-refractivity contribution is -0.127. The van der Waals surface area contributed by atoms with Crippen molar-refractivity contribution in [3.05, 3.63) is 0 Å². The standard InChI is InChI=1S/C12H21F3N2O3/c1-2-20-11(19)17-6-9(3-4-18)5-10(7-17)16-8-12(13,14)15/h9-10,16,18H,2-8H2,1H3. The summed E-state index contributed by atoms with van der Waals surface area (Å²) in [7, 11) is 0. The summed E-state index contributed by atoms with van der Waals surface area (Å²) in [5.41, 5.74) is 0. The third-order valence-electron chi connectivity index (χ3n) is 3.19. The van der Waals surface area contributed by atoms with Gasteiger partial charge in [-0.15, -0.1) is 0 Å². The number of carbonyl (C=O) groups is 1. The average molecular weight is 298 g/mol. The first-order valence-electron chi connectivity index (χ1n) is 6.68. The molecule has 0 bridgehead atoms. The summed E-state index contributed by atoms with van der Waals surface area (Å²) in [5, 5.41) is 11.4. The number of rotatable bonds is 5. The van der Waals surface area contributed by atoms with Crippen LogP contribution in [0.5, 0.6) is 0 Å². The van der Waals surface area contributed by atoms with E-state index in [1.165, 1.54) is 4.90 Å². The van der Waals surface area contributed by atoms with Crippen molar-refractivity contribution in [1.82, 2.24) is 10.2 Å². The van der Waals surface area contributed by atoms with Crippen molar-refractivity contribution in [3.8, 4) is 0 Å². The summed E-state index contributed by atoms with van der Waals surface area (Å²) in [6.07, 6.45) is -3.83. The summed E-state index contributed by atoms with van der Waals surface area (Å²) in [6.45, 7) is 1.36. The zero-order chi connectivity index (χ0) is 15.2. The predicted octanol–water partition coefficient (Wildman–Crippen LogP) is 1.37. The van der Waals surface area contributed by atoms with Crippen molar-refractivity contribution in [1.29, 1.82) is 0 Å². The second-order valence-electron chi connectivity index (χ2n) is 4.91. The molecule has 1 amide bonds. The normalized spacial score (nSPS) is 23.8. The molecule has 2 N–H and O–H groups in total. The predicted molar refractivity (Wildman–Crippen MR) is 66.3 cm³/mol. The number of piperidine rings is 1. The van der Waals surface area contributed by atoms with E-state index in [2.05, 4.69) is 5.32 Å². The fraction of sp³-hybridized carbons (Fsp3) is 0.917. The number of amides is 1. The van der Waals surface area contributed by atoms with Crippen LogP contribution in [0.25, 0.3) is 0 Å². The number of nitrogens with one attached hydrogen (secondary N) is 1. The highest BCUT2D eigenvalue weighted by Gasteiger charge is 2.33. The number of likely N-dealkylation sites (tertiary alicyclic amines) is 1. The van der Waals surface area contributed by atoms with Gasteiger partial charge in [-0.3, -0.25) is 0 Å². The molecule has 2 unspecified atom stereocenters. The van der Waals surface area contributed by atoms with Gasteiger partial charge in [-0.05, 0) is 25.7 Å². The lowest BCUT2D eigenvalue weighted by atomic mass is 9.92. The van der Waals surface area contributed by atoms with Crippen molar-refractivity contribution < 1.29 is 27.8 Å². The number of aliphatic hydroxyl groups excluding tert-OH is 1. The molecule has 20 heavy (non-hydrogen) atoms. The van der Waals surface area contributed by atoms with Crippen molar-refractivity contribution in [3.63, 3.8) is 0 Å². The third kappa shape index (κ3) is 5.96. The lowest BCUT2D eigenvalue weighted by Crippen LogP contribution is -2.53. The molecule has 0 spiro atoms. The van der Waals surface area contributed by atoms with Gasteiger partial charge in [0.1, 0.15) is 0 Å². The Hall–Kier alpha value is -1.02. The molecule has 118 valence electrons. The lowest BCUT2D eigenvalue weighted by Gasteiger charge is -2.37. The summed E-state index contributed by atoms with van der Waals surface area (Å²) in [5.74, 6) is -0.0242. The first kappa shape index (κ1) is 17.0. The van der Waals surface area contributed by atoms with Gasteiger partial charge in [0.2, 0.25) is 0 Å². The van der Waals surface area contributed by atoms with Crippen molar-refractivity contribution in [2.75, 3.05) is 32.8 Å². The average Bonchev–Trinajstić information content (AvgIpc) is 2.36. The molecule has 1 fully saturated rings. The van der Waals surface area contributed by atoms with Crippen LogP contribution in [0.3, 0.4) is 0 Å². The molecule has 0 aromatic rings. The van der Waals surface area contributed by atoms with Gasteiger partial charge in [-0.25, -0.2) is 4.79 Å². The third-order valence-corrected chi connectivity index (χ3v) is 3.19. The van der Waals surface area contributed by atoms with Crippen molar-refractivity contribution in [2.45, 2.75) is 32.0 Å². The molecular weight excluding hydrogens is 277 g/mol. The van der Waals surface area contributed by atoms with Gasteiger partial charge in [-0.2, -0.15) is 13.2 Å². The van der Waals surface area contributed by atoms with E-state index in [9.17, 15) is 18.0 Å². The topological polar surface area (TPSA) is 61.8 Å². The zero-order valence-electron chi connectivity index (χ0n) is 11.4. The monoisotopic (exact) mass is 298 g/mol. The van der Waals surface area contributed by atoms with E-state index in [1.807, 2.05) is 0 Å². The van der Waals surface area contributed by atoms with Gasteiger partial charge in [-0.1, -0.05) is 0 Å². The minimum Gasteiger partial charge on any atom is -0.450 e. The van der Waals surface area contributed by atoms with E-state index < -0.39 is 24.9 Å². The summed E-state index contributed by atoms with van der Waals surface area (Å²) in [4.78, 5) is 13.1. The Labute approximate surface area is 116 Å². The molecule has 0 aliphatic carbocycles. The summed E-state index contributed by atoms with van der Waals surface area (Å²) < 4.78 is 41.5. The van der Waals surface area contributed by atoms with E-state index >= 15 is 0 Å². The molecule has 1 aliphatic heterocycles. The molecule has 2 atom stereocenters. The van der Waals surface area contributed by atoms with E-state index in [0.717, 1.165) is 0 Å². The molecular formula is C12H21F3N2O3. The fourth-order valence-electron chi connectivity index (χ4n) is 2.37. The first-order valence-corrected chi connectivity index (χ1v) is 6.68. The quantitative estimate of drug-likeness (QED) is 0.805. The van der Waals surface area contributed by atoms with Crippen LogP contribution in [0, 0.1) is 5.92 Å². The maximum atomic E-state index is 12.2. The Morgan fingerprint density at radius 2 is 2.15 bits per heavy atom. The van der Waals surface area contributed by atoms with E-state index in [-0.39, 0.29) is 25.7 Å². The largest absolute Gasteiger partial charge is 0.450 e. The Bertz CT molecular complexity index is 313. The number of hydrogen-bond donors (Lipinski definition) is 2. The molecule has 1 rings (SSSR count). The van der Waals surface area contributed by atoms with E-state index in [1.54, 1.807) is 6.92 Å². The molecule has 0 saturated carbocycles. The minimum atomic E-state index is -4.28. The maximum Gasteiger partial charge on any atom is 0.409 e. The van der Waals surface area contributed by atoms with E-state index in [4.69, 9.17) is 9.84 Å².